The molecule has 1 aliphatic heterocycles. The molecule has 2 aromatic rings. The highest BCUT2D eigenvalue weighted by Crippen LogP contribution is 2.24. The van der Waals surface area contributed by atoms with Gasteiger partial charge in [0.25, 0.3) is 0 Å². The summed E-state index contributed by atoms with van der Waals surface area (Å²) in [4.78, 5) is 2.15. The number of aliphatic hydroxyl groups excluding tert-OH is 2. The molecule has 3 rings (SSSR count). The summed E-state index contributed by atoms with van der Waals surface area (Å²) in [6.45, 7) is 3.46. The van der Waals surface area contributed by atoms with Gasteiger partial charge in [-0.3, -0.25) is 0 Å². The van der Waals surface area contributed by atoms with Gasteiger partial charge in [0.05, 0.1) is 13.2 Å². The van der Waals surface area contributed by atoms with Gasteiger partial charge >= 0.3 is 0 Å². The van der Waals surface area contributed by atoms with E-state index in [0.29, 0.717) is 37.4 Å². The summed E-state index contributed by atoms with van der Waals surface area (Å²) in [6.07, 6.45) is 1.25. The van der Waals surface area contributed by atoms with Crippen LogP contribution in [0.3, 0.4) is 0 Å². The van der Waals surface area contributed by atoms with Crippen molar-refractivity contribution in [2.75, 3.05) is 39.9 Å². The lowest BCUT2D eigenvalue weighted by Gasteiger charge is -2.31. The Hall–Kier alpha value is -2.19. The second-order valence-corrected chi connectivity index (χ2v) is 7.99. The number of piperidine rings is 1. The molecule has 31 heavy (non-hydrogen) atoms. The van der Waals surface area contributed by atoms with Crippen molar-refractivity contribution in [2.24, 2.45) is 0 Å². The average Bonchev–Trinajstić information content (AvgIpc) is 2.78. The van der Waals surface area contributed by atoms with Crippen LogP contribution in [-0.4, -0.2) is 67.2 Å². The standard InChI is InChI=1S/C24H33FN2O4/c1-30-22-6-7-24(31-17-21(29)16-27-12-9-20(28)10-13-27)19(14-22)15-26-11-8-18-4-2-3-5-23(18)25/h2-7,14,20-21,26,28-29H,8-13,15-17H2,1H3/t21-/m1/s1. The number of hydrogen-bond acceptors (Lipinski definition) is 6. The van der Waals surface area contributed by atoms with Crippen molar-refractivity contribution >= 4 is 0 Å². The summed E-state index contributed by atoms with van der Waals surface area (Å²) >= 11 is 0. The van der Waals surface area contributed by atoms with Crippen LogP contribution in [0.15, 0.2) is 42.5 Å². The van der Waals surface area contributed by atoms with Gasteiger partial charge in [-0.15, -0.1) is 0 Å². The lowest BCUT2D eigenvalue weighted by atomic mass is 10.1. The maximum atomic E-state index is 13.8. The van der Waals surface area contributed by atoms with E-state index in [-0.39, 0.29) is 18.5 Å². The number of hydrogen-bond donors (Lipinski definition) is 3. The zero-order valence-corrected chi connectivity index (χ0v) is 18.1. The number of benzene rings is 2. The number of halogens is 1. The summed E-state index contributed by atoms with van der Waals surface area (Å²) in [7, 11) is 1.62. The fourth-order valence-corrected chi connectivity index (χ4v) is 3.75. The van der Waals surface area contributed by atoms with E-state index in [1.807, 2.05) is 24.3 Å². The molecule has 7 heteroatoms. The van der Waals surface area contributed by atoms with Crippen LogP contribution in [0.25, 0.3) is 0 Å². The van der Waals surface area contributed by atoms with Crippen LogP contribution in [0.5, 0.6) is 11.5 Å². The van der Waals surface area contributed by atoms with Crippen LogP contribution >= 0.6 is 0 Å². The van der Waals surface area contributed by atoms with Crippen LogP contribution in [0.4, 0.5) is 4.39 Å². The lowest BCUT2D eigenvalue weighted by Crippen LogP contribution is -2.41. The third kappa shape index (κ3) is 7.47. The molecular weight excluding hydrogens is 399 g/mol. The van der Waals surface area contributed by atoms with Gasteiger partial charge in [-0.05, 0) is 55.6 Å². The molecule has 0 saturated carbocycles. The average molecular weight is 433 g/mol. The highest BCUT2D eigenvalue weighted by Gasteiger charge is 2.20. The van der Waals surface area contributed by atoms with E-state index in [9.17, 15) is 14.6 Å². The molecule has 170 valence electrons. The molecule has 1 heterocycles. The number of likely N-dealkylation sites (tertiary alicyclic amines) is 1. The zero-order chi connectivity index (χ0) is 22.1. The molecule has 1 saturated heterocycles. The minimum Gasteiger partial charge on any atom is -0.497 e. The predicted molar refractivity (Wildman–Crippen MR) is 118 cm³/mol. The number of rotatable bonds is 11. The van der Waals surface area contributed by atoms with Gasteiger partial charge in [0.1, 0.15) is 30.0 Å². The largest absolute Gasteiger partial charge is 0.497 e. The number of nitrogens with one attached hydrogen (secondary N) is 1. The molecule has 1 fully saturated rings. The second-order valence-electron chi connectivity index (χ2n) is 7.99. The van der Waals surface area contributed by atoms with Gasteiger partial charge < -0.3 is 29.9 Å². The molecular formula is C24H33FN2O4. The monoisotopic (exact) mass is 432 g/mol. The van der Waals surface area contributed by atoms with Crippen LogP contribution in [0, 0.1) is 5.82 Å². The normalized spacial score (nSPS) is 16.3. The van der Waals surface area contributed by atoms with Gasteiger partial charge in [-0.2, -0.15) is 0 Å². The highest BCUT2D eigenvalue weighted by molar-refractivity contribution is 5.40. The molecule has 0 bridgehead atoms. The van der Waals surface area contributed by atoms with Crippen molar-refractivity contribution in [3.63, 3.8) is 0 Å². The molecule has 0 aromatic heterocycles. The Labute approximate surface area is 183 Å². The van der Waals surface area contributed by atoms with E-state index < -0.39 is 6.10 Å². The quantitative estimate of drug-likeness (QED) is 0.474. The Morgan fingerprint density at radius 1 is 1.16 bits per heavy atom. The molecule has 6 nitrogen and oxygen atoms in total. The summed E-state index contributed by atoms with van der Waals surface area (Å²) in [6, 6.07) is 12.4. The number of methoxy groups -OCH3 is 1. The van der Waals surface area contributed by atoms with Crippen LogP contribution in [0.1, 0.15) is 24.0 Å². The van der Waals surface area contributed by atoms with Crippen molar-refractivity contribution in [1.82, 2.24) is 10.2 Å². The number of β-amino-alcohol motifs (C(OH)–C–C–N with tert-alkyl or cyclic N) is 1. The van der Waals surface area contributed by atoms with Crippen LogP contribution in [0.2, 0.25) is 0 Å². The summed E-state index contributed by atoms with van der Waals surface area (Å²) in [5.74, 6) is 1.23. The highest BCUT2D eigenvalue weighted by atomic mass is 19.1. The summed E-state index contributed by atoms with van der Waals surface area (Å²) in [5, 5.41) is 23.3. The van der Waals surface area contributed by atoms with Gasteiger partial charge in [-0.1, -0.05) is 18.2 Å². The maximum Gasteiger partial charge on any atom is 0.126 e. The Kier molecular flexibility index (Phi) is 9.09. The third-order valence-corrected chi connectivity index (χ3v) is 5.57. The van der Waals surface area contributed by atoms with E-state index in [1.54, 1.807) is 19.2 Å². The Bertz CT molecular complexity index is 812. The van der Waals surface area contributed by atoms with Gasteiger partial charge in [0, 0.05) is 31.7 Å². The summed E-state index contributed by atoms with van der Waals surface area (Å²) < 4.78 is 25.0. The third-order valence-electron chi connectivity index (χ3n) is 5.57. The number of nitrogens with zero attached hydrogens (tertiary/aromatic N) is 1. The van der Waals surface area contributed by atoms with Crippen molar-refractivity contribution in [2.45, 2.75) is 38.0 Å². The van der Waals surface area contributed by atoms with Gasteiger partial charge in [-0.25, -0.2) is 4.39 Å². The smallest absolute Gasteiger partial charge is 0.126 e. The van der Waals surface area contributed by atoms with Crippen molar-refractivity contribution in [3.05, 3.63) is 59.4 Å². The molecule has 3 N–H and O–H groups in total. The lowest BCUT2D eigenvalue weighted by molar-refractivity contribution is 0.0336. The Balaban J connectivity index is 1.49. The molecule has 0 spiro atoms. The predicted octanol–water partition coefficient (Wildman–Crippen LogP) is 2.36. The maximum absolute atomic E-state index is 13.8. The SMILES string of the molecule is COc1ccc(OC[C@H](O)CN2CCC(O)CC2)c(CNCCc2ccccc2F)c1. The van der Waals surface area contributed by atoms with Gasteiger partial charge in [0.15, 0.2) is 0 Å². The first kappa shape index (κ1) is 23.5. The van der Waals surface area contributed by atoms with Crippen LogP contribution in [-0.2, 0) is 13.0 Å². The minimum absolute atomic E-state index is 0.188. The molecule has 1 aliphatic rings. The fraction of sp³-hybridized carbons (Fsp3) is 0.500. The number of aliphatic hydroxyl groups is 2. The van der Waals surface area contributed by atoms with E-state index in [2.05, 4.69) is 10.2 Å². The van der Waals surface area contributed by atoms with Crippen molar-refractivity contribution in [1.29, 1.82) is 0 Å². The van der Waals surface area contributed by atoms with Crippen molar-refractivity contribution < 1.29 is 24.1 Å². The first-order chi connectivity index (χ1) is 15.0. The van der Waals surface area contributed by atoms with E-state index in [0.717, 1.165) is 37.2 Å². The zero-order valence-electron chi connectivity index (χ0n) is 18.1. The Morgan fingerprint density at radius 3 is 2.68 bits per heavy atom. The fourth-order valence-electron chi connectivity index (χ4n) is 3.75. The van der Waals surface area contributed by atoms with E-state index in [1.165, 1.54) is 6.07 Å². The molecule has 0 radical (unpaired) electrons. The van der Waals surface area contributed by atoms with E-state index >= 15 is 0 Å². The summed E-state index contributed by atoms with van der Waals surface area (Å²) in [5.41, 5.74) is 1.60. The van der Waals surface area contributed by atoms with E-state index in [4.69, 9.17) is 9.47 Å². The molecule has 0 amide bonds. The first-order valence-corrected chi connectivity index (χ1v) is 10.9. The van der Waals surface area contributed by atoms with Gasteiger partial charge in [0.2, 0.25) is 0 Å². The molecule has 2 aromatic carbocycles. The molecule has 0 unspecified atom stereocenters. The Morgan fingerprint density at radius 2 is 1.94 bits per heavy atom. The topological polar surface area (TPSA) is 74.2 Å². The first-order valence-electron chi connectivity index (χ1n) is 10.9. The van der Waals surface area contributed by atoms with Crippen molar-refractivity contribution in [3.8, 4) is 11.5 Å². The number of ether oxygens (including phenoxy) is 2. The molecule has 1 atom stereocenters. The second kappa shape index (κ2) is 12.0. The molecule has 0 aliphatic carbocycles. The van der Waals surface area contributed by atoms with Crippen LogP contribution < -0.4 is 14.8 Å². The minimum atomic E-state index is -0.612.